The molecule has 0 saturated heterocycles. The quantitative estimate of drug-likeness (QED) is 0.266. The number of carbonyl (C=O) groups is 2. The molecule has 1 rings (SSSR count). The number of phenolic OH excluding ortho intramolecular Hbond substituents is 1. The first-order chi connectivity index (χ1) is 14.4. The van der Waals surface area contributed by atoms with Gasteiger partial charge >= 0.3 is 0 Å². The lowest BCUT2D eigenvalue weighted by Gasteiger charge is -2.29. The van der Waals surface area contributed by atoms with Gasteiger partial charge in [0.2, 0.25) is 11.8 Å². The number of hydrogen-bond acceptors (Lipinski definition) is 6. The number of rotatable bonds is 14. The molecule has 1 aromatic rings. The van der Waals surface area contributed by atoms with E-state index >= 15 is 0 Å². The molecule has 170 valence electrons. The van der Waals surface area contributed by atoms with Crippen molar-refractivity contribution < 1.29 is 24.9 Å². The van der Waals surface area contributed by atoms with E-state index in [-0.39, 0.29) is 44.4 Å². The number of aromatic hydroxyl groups is 1. The number of carbonyl (C=O) groups excluding carboxylic acids is 2. The highest BCUT2D eigenvalue weighted by Crippen LogP contribution is 2.31. The summed E-state index contributed by atoms with van der Waals surface area (Å²) in [5, 5.41) is 28.6. The van der Waals surface area contributed by atoms with Crippen LogP contribution in [0.4, 0.5) is 5.69 Å². The lowest BCUT2D eigenvalue weighted by Crippen LogP contribution is -2.41. The molecule has 8 heteroatoms. The van der Waals surface area contributed by atoms with E-state index in [1.54, 1.807) is 4.90 Å². The summed E-state index contributed by atoms with van der Waals surface area (Å²) in [5.41, 5.74) is 6.76. The molecule has 2 amide bonds. The molecule has 30 heavy (non-hydrogen) atoms. The van der Waals surface area contributed by atoms with E-state index in [2.05, 4.69) is 13.8 Å². The Morgan fingerprint density at radius 1 is 0.967 bits per heavy atom. The molecule has 1 aromatic carbocycles. The predicted octanol–water partition coefficient (Wildman–Crippen LogP) is 1.69. The molecule has 1 unspecified atom stereocenters. The van der Waals surface area contributed by atoms with Crippen LogP contribution in [0.15, 0.2) is 18.2 Å². The van der Waals surface area contributed by atoms with Gasteiger partial charge in [0.15, 0.2) is 0 Å². The summed E-state index contributed by atoms with van der Waals surface area (Å²) in [4.78, 5) is 29.5. The summed E-state index contributed by atoms with van der Waals surface area (Å²) in [6, 6.07) is 4.34. The number of nitrogens with zero attached hydrogens (tertiary/aromatic N) is 2. The van der Waals surface area contributed by atoms with E-state index in [4.69, 9.17) is 5.73 Å². The molecular formula is C22H37N3O5. The fourth-order valence-electron chi connectivity index (χ4n) is 3.35. The van der Waals surface area contributed by atoms with Crippen molar-refractivity contribution in [2.45, 2.75) is 51.9 Å². The van der Waals surface area contributed by atoms with Gasteiger partial charge in [-0.3, -0.25) is 9.59 Å². The van der Waals surface area contributed by atoms with Gasteiger partial charge in [-0.2, -0.15) is 0 Å². The molecule has 0 aliphatic rings. The minimum absolute atomic E-state index is 0.0399. The minimum Gasteiger partial charge on any atom is -0.508 e. The van der Waals surface area contributed by atoms with Crippen LogP contribution in [0, 0.1) is 0 Å². The van der Waals surface area contributed by atoms with E-state index in [0.717, 1.165) is 25.7 Å². The summed E-state index contributed by atoms with van der Waals surface area (Å²) in [7, 11) is 0. The van der Waals surface area contributed by atoms with Gasteiger partial charge in [0, 0.05) is 38.3 Å². The summed E-state index contributed by atoms with van der Waals surface area (Å²) in [6.07, 6.45) is 3.58. The molecular weight excluding hydrogens is 386 g/mol. The Labute approximate surface area is 179 Å². The van der Waals surface area contributed by atoms with E-state index < -0.39 is 11.8 Å². The van der Waals surface area contributed by atoms with Crippen LogP contribution in [0.1, 0.15) is 57.4 Å². The molecule has 0 heterocycles. The van der Waals surface area contributed by atoms with Gasteiger partial charge in [0.1, 0.15) is 5.75 Å². The third kappa shape index (κ3) is 7.84. The summed E-state index contributed by atoms with van der Waals surface area (Å²) in [5.74, 6) is -1.51. The molecule has 0 bridgehead atoms. The highest BCUT2D eigenvalue weighted by atomic mass is 16.3. The standard InChI is InChI=1S/C22H37N3O5/c1-3-5-9-24(10-6-4-2)21(29)16-19(18-15-17(28)7-8-20(18)23)22(30)25(11-13-26)12-14-27/h7-8,15,19,26-28H,3-6,9-14,16,23H2,1-2H3. The molecule has 0 saturated carbocycles. The second-order valence-electron chi connectivity index (χ2n) is 7.43. The van der Waals surface area contributed by atoms with Crippen molar-refractivity contribution in [3.63, 3.8) is 0 Å². The first-order valence-electron chi connectivity index (χ1n) is 10.8. The molecule has 0 spiro atoms. The predicted molar refractivity (Wildman–Crippen MR) is 117 cm³/mol. The number of amides is 2. The number of benzene rings is 1. The van der Waals surface area contributed by atoms with Crippen molar-refractivity contribution in [2.24, 2.45) is 0 Å². The smallest absolute Gasteiger partial charge is 0.230 e. The normalized spacial score (nSPS) is 11.9. The maximum Gasteiger partial charge on any atom is 0.230 e. The fourth-order valence-corrected chi connectivity index (χ4v) is 3.35. The van der Waals surface area contributed by atoms with Crippen LogP contribution in [-0.4, -0.2) is 76.3 Å². The van der Waals surface area contributed by atoms with E-state index in [1.165, 1.54) is 23.1 Å². The summed E-state index contributed by atoms with van der Waals surface area (Å²) >= 11 is 0. The van der Waals surface area contributed by atoms with E-state index in [9.17, 15) is 24.9 Å². The van der Waals surface area contributed by atoms with Gasteiger partial charge in [-0.05, 0) is 36.6 Å². The van der Waals surface area contributed by atoms with Gasteiger partial charge in [-0.1, -0.05) is 26.7 Å². The molecule has 5 N–H and O–H groups in total. The molecule has 0 aliphatic heterocycles. The Morgan fingerprint density at radius 2 is 1.53 bits per heavy atom. The number of aliphatic hydroxyl groups excluding tert-OH is 2. The Hall–Kier alpha value is -2.32. The number of nitrogens with two attached hydrogens (primary N) is 1. The average Bonchev–Trinajstić information content (AvgIpc) is 2.73. The zero-order valence-electron chi connectivity index (χ0n) is 18.2. The molecule has 0 aromatic heterocycles. The third-order valence-corrected chi connectivity index (χ3v) is 5.09. The van der Waals surface area contributed by atoms with Gasteiger partial charge < -0.3 is 30.9 Å². The molecule has 8 nitrogen and oxygen atoms in total. The van der Waals surface area contributed by atoms with E-state index in [0.29, 0.717) is 24.3 Å². The van der Waals surface area contributed by atoms with Crippen molar-refractivity contribution in [3.8, 4) is 5.75 Å². The number of unbranched alkanes of at least 4 members (excludes halogenated alkanes) is 2. The average molecular weight is 424 g/mol. The summed E-state index contributed by atoms with van der Waals surface area (Å²) in [6.45, 7) is 4.93. The Balaban J connectivity index is 3.22. The van der Waals surface area contributed by atoms with Crippen LogP contribution in [0.2, 0.25) is 0 Å². The first kappa shape index (κ1) is 25.7. The van der Waals surface area contributed by atoms with Crippen molar-refractivity contribution in [1.82, 2.24) is 9.80 Å². The zero-order chi connectivity index (χ0) is 22.5. The van der Waals surface area contributed by atoms with E-state index in [1.807, 2.05) is 0 Å². The lowest BCUT2D eigenvalue weighted by atomic mass is 9.91. The van der Waals surface area contributed by atoms with Gasteiger partial charge in [0.05, 0.1) is 19.1 Å². The maximum atomic E-state index is 13.3. The largest absolute Gasteiger partial charge is 0.508 e. The number of phenols is 1. The van der Waals surface area contributed by atoms with Crippen LogP contribution in [0.5, 0.6) is 5.75 Å². The zero-order valence-corrected chi connectivity index (χ0v) is 18.2. The highest BCUT2D eigenvalue weighted by Gasteiger charge is 2.31. The van der Waals surface area contributed by atoms with Crippen LogP contribution in [-0.2, 0) is 9.59 Å². The van der Waals surface area contributed by atoms with Gasteiger partial charge in [-0.15, -0.1) is 0 Å². The minimum atomic E-state index is -0.909. The molecule has 1 atom stereocenters. The number of anilines is 1. The topological polar surface area (TPSA) is 127 Å². The van der Waals surface area contributed by atoms with Crippen molar-refractivity contribution in [2.75, 3.05) is 45.1 Å². The van der Waals surface area contributed by atoms with Gasteiger partial charge in [0.25, 0.3) is 0 Å². The van der Waals surface area contributed by atoms with Crippen molar-refractivity contribution in [3.05, 3.63) is 23.8 Å². The maximum absolute atomic E-state index is 13.3. The molecule has 0 radical (unpaired) electrons. The second kappa shape index (κ2) is 13.8. The van der Waals surface area contributed by atoms with Crippen molar-refractivity contribution >= 4 is 17.5 Å². The second-order valence-corrected chi connectivity index (χ2v) is 7.43. The number of nitrogen functional groups attached to an aromatic ring is 1. The number of aliphatic hydroxyl groups is 2. The monoisotopic (exact) mass is 423 g/mol. The van der Waals surface area contributed by atoms with Crippen LogP contribution < -0.4 is 5.73 Å². The van der Waals surface area contributed by atoms with Crippen molar-refractivity contribution in [1.29, 1.82) is 0 Å². The summed E-state index contributed by atoms with van der Waals surface area (Å²) < 4.78 is 0. The SMILES string of the molecule is CCCCN(CCCC)C(=O)CC(C(=O)N(CCO)CCO)c1cc(O)ccc1N. The van der Waals surface area contributed by atoms with Crippen LogP contribution in [0.25, 0.3) is 0 Å². The molecule has 0 aliphatic carbocycles. The van der Waals surface area contributed by atoms with Crippen LogP contribution >= 0.6 is 0 Å². The Bertz CT molecular complexity index is 654. The molecule has 0 fully saturated rings. The highest BCUT2D eigenvalue weighted by molar-refractivity contribution is 5.91. The van der Waals surface area contributed by atoms with Gasteiger partial charge in [-0.25, -0.2) is 0 Å². The third-order valence-electron chi connectivity index (χ3n) is 5.09. The van der Waals surface area contributed by atoms with Crippen LogP contribution in [0.3, 0.4) is 0 Å². The Kier molecular flexibility index (Phi) is 11.8. The Morgan fingerprint density at radius 3 is 2.03 bits per heavy atom. The lowest BCUT2D eigenvalue weighted by molar-refractivity contribution is -0.139. The fraction of sp³-hybridized carbons (Fsp3) is 0.636. The number of hydrogen-bond donors (Lipinski definition) is 4. The first-order valence-corrected chi connectivity index (χ1v) is 10.8.